The van der Waals surface area contributed by atoms with Crippen molar-refractivity contribution >= 4 is 11.4 Å². The van der Waals surface area contributed by atoms with E-state index in [4.69, 9.17) is 9.73 Å². The maximum absolute atomic E-state index is 6.69. The molecule has 1 heterocycles. The third-order valence-corrected chi connectivity index (χ3v) is 9.36. The van der Waals surface area contributed by atoms with E-state index in [1.165, 1.54) is 109 Å². The minimum atomic E-state index is 0. The van der Waals surface area contributed by atoms with E-state index in [0.29, 0.717) is 0 Å². The van der Waals surface area contributed by atoms with Crippen molar-refractivity contribution in [2.75, 3.05) is 6.61 Å². The van der Waals surface area contributed by atoms with Gasteiger partial charge in [-0.3, -0.25) is 9.98 Å². The molecule has 49 heavy (non-hydrogen) atoms. The molecule has 4 rings (SSSR count). The quantitative estimate of drug-likeness (QED) is 0.0414. The standard InChI is InChI=1S/C45H60N2O.Fe/c1-3-4-5-6-7-8-9-10-11-12-13-14-15-16-17-18-19-26-34-48-45-43(39-28-22-20-23-29-39)35-42(36-44(45)40-30-24-21-25-31-40)47-38(2)41-32-27-33-46-37-41;/h20-25,27-33,35-37H,3-19,26,34H2,1-2H3;. The zero-order chi connectivity index (χ0) is 33.5. The largest absolute Gasteiger partial charge is 0.492 e. The second-order valence-corrected chi connectivity index (χ2v) is 13.4. The summed E-state index contributed by atoms with van der Waals surface area (Å²) in [6.45, 7) is 5.06. The van der Waals surface area contributed by atoms with Crippen LogP contribution < -0.4 is 4.74 Å². The number of pyridine rings is 1. The topological polar surface area (TPSA) is 34.5 Å². The summed E-state index contributed by atoms with van der Waals surface area (Å²) in [6.07, 6.45) is 28.5. The Bertz CT molecular complexity index is 1380. The molecule has 4 aromatic rings. The van der Waals surface area contributed by atoms with Gasteiger partial charge in [0.1, 0.15) is 5.75 Å². The predicted octanol–water partition coefficient (Wildman–Crippen LogP) is 14.0. The number of aromatic nitrogens is 1. The van der Waals surface area contributed by atoms with Crippen molar-refractivity contribution < 1.29 is 21.8 Å². The van der Waals surface area contributed by atoms with Gasteiger partial charge in [-0.15, -0.1) is 0 Å². The van der Waals surface area contributed by atoms with E-state index in [-0.39, 0.29) is 17.1 Å². The second kappa shape index (κ2) is 24.9. The molecule has 0 spiro atoms. The minimum Gasteiger partial charge on any atom is -0.492 e. The van der Waals surface area contributed by atoms with Crippen LogP contribution in [0.15, 0.2) is 102 Å². The van der Waals surface area contributed by atoms with Gasteiger partial charge in [0.05, 0.1) is 12.3 Å². The Morgan fingerprint density at radius 2 is 1.02 bits per heavy atom. The first-order chi connectivity index (χ1) is 23.8. The van der Waals surface area contributed by atoms with Gasteiger partial charge in [0.25, 0.3) is 0 Å². The summed E-state index contributed by atoms with van der Waals surface area (Å²) >= 11 is 0. The fourth-order valence-electron chi connectivity index (χ4n) is 6.51. The van der Waals surface area contributed by atoms with Crippen LogP contribution >= 0.6 is 0 Å². The van der Waals surface area contributed by atoms with Crippen LogP contribution in [-0.4, -0.2) is 17.3 Å². The summed E-state index contributed by atoms with van der Waals surface area (Å²) in [5.74, 6) is 0.942. The molecule has 0 atom stereocenters. The molecule has 0 aliphatic heterocycles. The van der Waals surface area contributed by atoms with Gasteiger partial charge in [0.15, 0.2) is 0 Å². The van der Waals surface area contributed by atoms with E-state index < -0.39 is 0 Å². The number of aliphatic imine (C=N–C) groups is 1. The van der Waals surface area contributed by atoms with E-state index in [2.05, 4.69) is 90.8 Å². The van der Waals surface area contributed by atoms with Crippen LogP contribution in [0.4, 0.5) is 5.69 Å². The molecule has 264 valence electrons. The molecule has 4 heteroatoms. The third-order valence-electron chi connectivity index (χ3n) is 9.36. The molecule has 0 bridgehead atoms. The van der Waals surface area contributed by atoms with Gasteiger partial charge in [-0.25, -0.2) is 0 Å². The summed E-state index contributed by atoms with van der Waals surface area (Å²) in [4.78, 5) is 9.34. The molecule has 0 radical (unpaired) electrons. The van der Waals surface area contributed by atoms with Crippen LogP contribution in [0.1, 0.15) is 135 Å². The molecule has 0 aliphatic carbocycles. The predicted molar refractivity (Wildman–Crippen MR) is 208 cm³/mol. The van der Waals surface area contributed by atoms with Gasteiger partial charge in [-0.05, 0) is 42.7 Å². The molecule has 0 amide bonds. The van der Waals surface area contributed by atoms with Crippen LogP contribution in [0, 0.1) is 0 Å². The monoisotopic (exact) mass is 700 g/mol. The van der Waals surface area contributed by atoms with E-state index in [1.807, 2.05) is 19.2 Å². The number of benzene rings is 3. The fraction of sp³-hybridized carbons (Fsp3) is 0.467. The summed E-state index contributed by atoms with van der Waals surface area (Å²) in [6, 6.07) is 29.5. The van der Waals surface area contributed by atoms with Gasteiger partial charge in [0, 0.05) is 51.9 Å². The third kappa shape index (κ3) is 15.1. The van der Waals surface area contributed by atoms with Crippen molar-refractivity contribution in [2.24, 2.45) is 4.99 Å². The zero-order valence-electron chi connectivity index (χ0n) is 30.3. The summed E-state index contributed by atoms with van der Waals surface area (Å²) in [5, 5.41) is 0. The maximum Gasteiger partial charge on any atom is 0.135 e. The van der Waals surface area contributed by atoms with Crippen molar-refractivity contribution in [3.63, 3.8) is 0 Å². The van der Waals surface area contributed by atoms with E-state index in [9.17, 15) is 0 Å². The fourth-order valence-corrected chi connectivity index (χ4v) is 6.51. The van der Waals surface area contributed by atoms with Gasteiger partial charge < -0.3 is 4.74 Å². The van der Waals surface area contributed by atoms with Crippen molar-refractivity contribution in [1.82, 2.24) is 4.98 Å². The Labute approximate surface area is 308 Å². The average Bonchev–Trinajstić information content (AvgIpc) is 3.13. The van der Waals surface area contributed by atoms with Crippen LogP contribution in [0.25, 0.3) is 22.3 Å². The van der Waals surface area contributed by atoms with Gasteiger partial charge in [-0.1, -0.05) is 183 Å². The number of nitrogens with zero attached hydrogens (tertiary/aromatic N) is 2. The Hall–Kier alpha value is -3.20. The first-order valence-electron chi connectivity index (χ1n) is 19.1. The SMILES string of the molecule is CCCCCCCCCCCCCCCCCCCCOc1c(-c2ccccc2)cc(N=C(C)c2cccnc2)cc1-c1ccccc1.[Fe]. The molecule has 0 saturated heterocycles. The number of rotatable bonds is 24. The first-order valence-corrected chi connectivity index (χ1v) is 19.1. The molecule has 0 aliphatic rings. The summed E-state index contributed by atoms with van der Waals surface area (Å²) in [7, 11) is 0. The Morgan fingerprint density at radius 3 is 1.45 bits per heavy atom. The van der Waals surface area contributed by atoms with E-state index in [0.717, 1.165) is 58.0 Å². The molecular formula is C45H60FeN2O. The van der Waals surface area contributed by atoms with Crippen molar-refractivity contribution in [3.05, 3.63) is 103 Å². The van der Waals surface area contributed by atoms with Crippen molar-refractivity contribution in [2.45, 2.75) is 129 Å². The Morgan fingerprint density at radius 1 is 0.571 bits per heavy atom. The zero-order valence-corrected chi connectivity index (χ0v) is 31.4. The van der Waals surface area contributed by atoms with Crippen LogP contribution in [0.2, 0.25) is 0 Å². The summed E-state index contributed by atoms with van der Waals surface area (Å²) in [5.41, 5.74) is 7.31. The maximum atomic E-state index is 6.69. The molecular weight excluding hydrogens is 640 g/mol. The summed E-state index contributed by atoms with van der Waals surface area (Å²) < 4.78 is 6.69. The second-order valence-electron chi connectivity index (χ2n) is 13.4. The van der Waals surface area contributed by atoms with Crippen LogP contribution in [0.5, 0.6) is 5.75 Å². The molecule has 0 saturated carbocycles. The van der Waals surface area contributed by atoms with Crippen molar-refractivity contribution in [3.8, 4) is 28.0 Å². The molecule has 3 aromatic carbocycles. The molecule has 0 N–H and O–H groups in total. The Kier molecular flexibility index (Phi) is 20.4. The van der Waals surface area contributed by atoms with Gasteiger partial charge in [0.2, 0.25) is 0 Å². The average molecular weight is 701 g/mol. The smallest absolute Gasteiger partial charge is 0.135 e. The van der Waals surface area contributed by atoms with Crippen LogP contribution in [-0.2, 0) is 17.1 Å². The van der Waals surface area contributed by atoms with Gasteiger partial charge in [-0.2, -0.15) is 0 Å². The number of hydrogen-bond acceptors (Lipinski definition) is 3. The first kappa shape index (κ1) is 40.2. The number of unbranched alkanes of at least 4 members (excludes halogenated alkanes) is 17. The number of ether oxygens (including phenoxy) is 1. The molecule has 3 nitrogen and oxygen atoms in total. The molecule has 0 fully saturated rings. The molecule has 0 unspecified atom stereocenters. The number of hydrogen-bond donors (Lipinski definition) is 0. The minimum absolute atomic E-state index is 0. The van der Waals surface area contributed by atoms with E-state index in [1.54, 1.807) is 6.20 Å². The van der Waals surface area contributed by atoms with E-state index >= 15 is 0 Å². The van der Waals surface area contributed by atoms with Crippen LogP contribution in [0.3, 0.4) is 0 Å². The van der Waals surface area contributed by atoms with Crippen molar-refractivity contribution in [1.29, 1.82) is 0 Å². The normalized spacial score (nSPS) is 11.3. The Balaban J connectivity index is 0.00000650. The van der Waals surface area contributed by atoms with Gasteiger partial charge >= 0.3 is 0 Å². The molecule has 1 aromatic heterocycles.